The first-order chi connectivity index (χ1) is 23.8. The van der Waals surface area contributed by atoms with E-state index in [1.807, 2.05) is 0 Å². The molecular weight excluding hydrogens is 694 g/mol. The van der Waals surface area contributed by atoms with Crippen LogP contribution in [0.1, 0.15) is 65.9 Å². The van der Waals surface area contributed by atoms with Crippen LogP contribution in [0.5, 0.6) is 5.75 Å². The molecule has 1 aromatic rings. The number of esters is 5. The highest BCUT2D eigenvalue weighted by molar-refractivity contribution is 5.92. The second-order valence-corrected chi connectivity index (χ2v) is 11.0. The minimum atomic E-state index is -3.33. The van der Waals surface area contributed by atoms with Crippen LogP contribution in [0, 0.1) is 0 Å². The summed E-state index contributed by atoms with van der Waals surface area (Å²) >= 11 is 0. The number of rotatable bonds is 16. The van der Waals surface area contributed by atoms with E-state index in [4.69, 9.17) is 38.3 Å². The molecule has 51 heavy (non-hydrogen) atoms. The summed E-state index contributed by atoms with van der Waals surface area (Å²) in [5.74, 6) is -11.6. The minimum Gasteiger partial charge on any atom is -0.481 e. The van der Waals surface area contributed by atoms with Crippen LogP contribution in [0.4, 0.5) is 14.5 Å². The molecule has 1 aromatic carbocycles. The molecule has 18 nitrogen and oxygen atoms in total. The van der Waals surface area contributed by atoms with Crippen LogP contribution in [-0.2, 0) is 66.8 Å². The number of carboxylic acids is 1. The Labute approximate surface area is 289 Å². The molecule has 1 fully saturated rings. The van der Waals surface area contributed by atoms with Crippen molar-refractivity contribution in [2.24, 2.45) is 0 Å². The summed E-state index contributed by atoms with van der Waals surface area (Å²) in [6.07, 6.45) is -12.3. The number of amides is 2. The Balaban J connectivity index is 2.81. The molecule has 3 unspecified atom stereocenters. The Hall–Kier alpha value is -5.40. The van der Waals surface area contributed by atoms with Crippen LogP contribution in [0.15, 0.2) is 18.2 Å². The lowest BCUT2D eigenvalue weighted by atomic mass is 9.88. The van der Waals surface area contributed by atoms with Gasteiger partial charge in [-0.2, -0.15) is 0 Å². The van der Waals surface area contributed by atoms with Crippen LogP contribution in [0.25, 0.3) is 0 Å². The van der Waals surface area contributed by atoms with E-state index in [0.717, 1.165) is 59.9 Å². The molecular formula is C31H38F2N2O16. The second kappa shape index (κ2) is 18.6. The molecule has 1 aliphatic rings. The Morgan fingerprint density at radius 1 is 0.941 bits per heavy atom. The standard InChI is InChI=1S/C31H38F2N2O16/c1-14(36)34-26-22(47-16(3)38)12-31(30(44)45-6,51-28(26)27(49-18(5)40)23(48-17(4)39)13-46-15(2)37)50-21-8-7-19(11-20(21)29(32)33)35-24(41)9-10-25(42)43/h7-8,11,22-23,26-29H,9-10,12-13H2,1-6H3,(H,34,36)(H,35,41)(H,42,43)/t22?,23-,26+,27+,28?,31?/m0/s1. The van der Waals surface area contributed by atoms with E-state index in [1.165, 1.54) is 0 Å². The van der Waals surface area contributed by atoms with Gasteiger partial charge in [0.15, 0.2) is 12.2 Å². The number of methoxy groups -OCH3 is 1. The van der Waals surface area contributed by atoms with Crippen LogP contribution in [-0.4, -0.2) is 103 Å². The molecule has 6 atom stereocenters. The first kappa shape index (κ1) is 41.8. The van der Waals surface area contributed by atoms with Gasteiger partial charge in [-0.1, -0.05) is 0 Å². The summed E-state index contributed by atoms with van der Waals surface area (Å²) in [5.41, 5.74) is -1.11. The average molecular weight is 733 g/mol. The van der Waals surface area contributed by atoms with E-state index < -0.39 is 127 Å². The van der Waals surface area contributed by atoms with Crippen LogP contribution in [0.2, 0.25) is 0 Å². The number of carbonyl (C=O) groups excluding carboxylic acids is 7. The SMILES string of the molecule is COC(=O)C1(Oc2ccc(NC(=O)CCC(=O)O)cc2C(F)F)CC(OC(C)=O)[C@@H](NC(C)=O)C([C@H](OC(C)=O)[C@H](COC(C)=O)OC(C)=O)O1. The topological polar surface area (TPSA) is 245 Å². The Morgan fingerprint density at radius 3 is 2.10 bits per heavy atom. The Morgan fingerprint density at radius 2 is 1.59 bits per heavy atom. The van der Waals surface area contributed by atoms with Gasteiger partial charge in [0.05, 0.1) is 31.6 Å². The third-order valence-corrected chi connectivity index (χ3v) is 6.86. The van der Waals surface area contributed by atoms with Gasteiger partial charge < -0.3 is 48.9 Å². The van der Waals surface area contributed by atoms with Crippen molar-refractivity contribution in [2.45, 2.75) is 96.6 Å². The van der Waals surface area contributed by atoms with Crippen LogP contribution < -0.4 is 15.4 Å². The number of aliphatic carboxylic acids is 1. The number of anilines is 1. The monoisotopic (exact) mass is 732 g/mol. The first-order valence-electron chi connectivity index (χ1n) is 15.1. The maximum absolute atomic E-state index is 14.4. The van der Waals surface area contributed by atoms with Gasteiger partial charge in [-0.25, -0.2) is 13.6 Å². The van der Waals surface area contributed by atoms with Crippen molar-refractivity contribution in [3.63, 3.8) is 0 Å². The highest BCUT2D eigenvalue weighted by atomic mass is 19.3. The van der Waals surface area contributed by atoms with Gasteiger partial charge >= 0.3 is 41.6 Å². The van der Waals surface area contributed by atoms with Crippen LogP contribution in [0.3, 0.4) is 0 Å². The number of benzene rings is 1. The Kier molecular flexibility index (Phi) is 15.2. The number of carbonyl (C=O) groups is 8. The molecule has 1 aliphatic heterocycles. The minimum absolute atomic E-state index is 0.198. The predicted octanol–water partition coefficient (Wildman–Crippen LogP) is 1.33. The molecule has 0 aromatic heterocycles. The average Bonchev–Trinajstić information content (AvgIpc) is 3.01. The summed E-state index contributed by atoms with van der Waals surface area (Å²) in [4.78, 5) is 97.4. The number of halogens is 2. The zero-order valence-corrected chi connectivity index (χ0v) is 28.4. The van der Waals surface area contributed by atoms with Crippen LogP contribution >= 0.6 is 0 Å². The highest BCUT2D eigenvalue weighted by Crippen LogP contribution is 2.41. The van der Waals surface area contributed by atoms with Gasteiger partial charge in [0.1, 0.15) is 24.6 Å². The van der Waals surface area contributed by atoms with Gasteiger partial charge in [-0.15, -0.1) is 0 Å². The number of hydrogen-bond donors (Lipinski definition) is 3. The van der Waals surface area contributed by atoms with Crippen molar-refractivity contribution in [1.29, 1.82) is 0 Å². The third kappa shape index (κ3) is 12.5. The van der Waals surface area contributed by atoms with Gasteiger partial charge in [-0.3, -0.25) is 33.6 Å². The molecule has 3 N–H and O–H groups in total. The van der Waals surface area contributed by atoms with E-state index in [-0.39, 0.29) is 5.69 Å². The van der Waals surface area contributed by atoms with E-state index in [0.29, 0.717) is 0 Å². The lowest BCUT2D eigenvalue weighted by Gasteiger charge is -2.48. The summed E-state index contributed by atoms with van der Waals surface area (Å²) in [7, 11) is 0.877. The molecule has 0 radical (unpaired) electrons. The number of ether oxygens (including phenoxy) is 7. The van der Waals surface area contributed by atoms with Crippen molar-refractivity contribution >= 4 is 53.3 Å². The largest absolute Gasteiger partial charge is 0.481 e. The number of alkyl halides is 2. The summed E-state index contributed by atoms with van der Waals surface area (Å²) in [6.45, 7) is 4.18. The van der Waals surface area contributed by atoms with Crippen molar-refractivity contribution in [3.8, 4) is 5.75 Å². The van der Waals surface area contributed by atoms with Gasteiger partial charge in [0.25, 0.3) is 6.43 Å². The maximum atomic E-state index is 14.4. The van der Waals surface area contributed by atoms with E-state index >= 15 is 0 Å². The third-order valence-electron chi connectivity index (χ3n) is 6.86. The van der Waals surface area contributed by atoms with Gasteiger partial charge in [-0.05, 0) is 18.2 Å². The number of hydrogen-bond acceptors (Lipinski definition) is 15. The molecule has 2 amide bonds. The van der Waals surface area contributed by atoms with Crippen molar-refractivity contribution < 1.29 is 85.4 Å². The van der Waals surface area contributed by atoms with Crippen molar-refractivity contribution in [1.82, 2.24) is 5.32 Å². The summed E-state index contributed by atoms with van der Waals surface area (Å²) in [6, 6.07) is 1.26. The highest BCUT2D eigenvalue weighted by Gasteiger charge is 2.60. The molecule has 0 saturated carbocycles. The number of carboxylic acid groups (broad SMARTS) is 1. The molecule has 20 heteroatoms. The van der Waals surface area contributed by atoms with E-state index in [1.54, 1.807) is 0 Å². The maximum Gasteiger partial charge on any atom is 0.379 e. The molecule has 0 bridgehead atoms. The lowest BCUT2D eigenvalue weighted by Crippen LogP contribution is -2.70. The normalized spacial score (nSPS) is 20.8. The molecule has 2 rings (SSSR count). The lowest BCUT2D eigenvalue weighted by molar-refractivity contribution is -0.289. The van der Waals surface area contributed by atoms with Crippen molar-refractivity contribution in [2.75, 3.05) is 19.0 Å². The zero-order valence-electron chi connectivity index (χ0n) is 28.4. The Bertz CT molecular complexity index is 1500. The zero-order chi connectivity index (χ0) is 38.6. The van der Waals surface area contributed by atoms with Crippen molar-refractivity contribution in [3.05, 3.63) is 23.8 Å². The number of nitrogens with one attached hydrogen (secondary N) is 2. The summed E-state index contributed by atoms with van der Waals surface area (Å²) in [5, 5.41) is 13.5. The summed E-state index contributed by atoms with van der Waals surface area (Å²) < 4.78 is 66.8. The smallest absolute Gasteiger partial charge is 0.379 e. The second-order valence-electron chi connectivity index (χ2n) is 11.0. The quantitative estimate of drug-likeness (QED) is 0.160. The fourth-order valence-corrected chi connectivity index (χ4v) is 5.01. The molecule has 0 spiro atoms. The first-order valence-corrected chi connectivity index (χ1v) is 15.1. The van der Waals surface area contributed by atoms with Gasteiger partial charge in [0, 0.05) is 46.7 Å². The van der Waals surface area contributed by atoms with Gasteiger partial charge in [0.2, 0.25) is 11.8 Å². The molecule has 0 aliphatic carbocycles. The van der Waals surface area contributed by atoms with E-state index in [9.17, 15) is 47.1 Å². The molecule has 1 heterocycles. The fourth-order valence-electron chi connectivity index (χ4n) is 5.01. The fraction of sp³-hybridized carbons (Fsp3) is 0.548. The predicted molar refractivity (Wildman–Crippen MR) is 163 cm³/mol. The van der Waals surface area contributed by atoms with E-state index in [2.05, 4.69) is 10.6 Å². The molecule has 1 saturated heterocycles. The molecule has 282 valence electrons.